The summed E-state index contributed by atoms with van der Waals surface area (Å²) in [5.74, 6) is -3.03. The fourth-order valence-electron chi connectivity index (χ4n) is 3.07. The quantitative estimate of drug-likeness (QED) is 0.486. The third-order valence-electron chi connectivity index (χ3n) is 4.41. The van der Waals surface area contributed by atoms with Crippen LogP contribution in [0.25, 0.3) is 11.1 Å². The SMILES string of the molecule is CCCCCCC=C1C=C(C(F)(F)F)c2cc(OCC(=O)O)c(OCC(=O)O)cc21. The van der Waals surface area contributed by atoms with Crippen molar-refractivity contribution >= 4 is 23.1 Å². The molecule has 0 atom stereocenters. The van der Waals surface area contributed by atoms with Crippen molar-refractivity contribution in [3.05, 3.63) is 35.4 Å². The van der Waals surface area contributed by atoms with Crippen molar-refractivity contribution in [2.24, 2.45) is 0 Å². The first-order chi connectivity index (χ1) is 14.1. The summed E-state index contributed by atoms with van der Waals surface area (Å²) < 4.78 is 50.9. The summed E-state index contributed by atoms with van der Waals surface area (Å²) in [6.07, 6.45) is 2.61. The van der Waals surface area contributed by atoms with Crippen LogP contribution in [0.1, 0.15) is 50.2 Å². The molecule has 1 aromatic rings. The van der Waals surface area contributed by atoms with Gasteiger partial charge in [-0.2, -0.15) is 13.2 Å². The molecule has 0 bridgehead atoms. The molecule has 0 saturated carbocycles. The van der Waals surface area contributed by atoms with Gasteiger partial charge < -0.3 is 19.7 Å². The molecule has 0 unspecified atom stereocenters. The molecule has 9 heteroatoms. The van der Waals surface area contributed by atoms with Gasteiger partial charge in [0.2, 0.25) is 0 Å². The molecular weight excluding hydrogens is 405 g/mol. The lowest BCUT2D eigenvalue weighted by Crippen LogP contribution is -2.14. The van der Waals surface area contributed by atoms with E-state index >= 15 is 0 Å². The molecule has 6 nitrogen and oxygen atoms in total. The van der Waals surface area contributed by atoms with Crippen LogP contribution in [0.5, 0.6) is 11.5 Å². The number of hydrogen-bond donors (Lipinski definition) is 2. The third kappa shape index (κ3) is 6.27. The number of allylic oxidation sites excluding steroid dienone is 4. The van der Waals surface area contributed by atoms with Crippen molar-refractivity contribution in [3.63, 3.8) is 0 Å². The minimum Gasteiger partial charge on any atom is -0.479 e. The molecule has 0 heterocycles. The smallest absolute Gasteiger partial charge is 0.417 e. The zero-order chi connectivity index (χ0) is 22.3. The van der Waals surface area contributed by atoms with Gasteiger partial charge in [-0.3, -0.25) is 0 Å². The van der Waals surface area contributed by atoms with Crippen LogP contribution in [0.4, 0.5) is 13.2 Å². The highest BCUT2D eigenvalue weighted by molar-refractivity contribution is 5.98. The minimum absolute atomic E-state index is 0.133. The highest BCUT2D eigenvalue weighted by Crippen LogP contribution is 2.48. The van der Waals surface area contributed by atoms with Crippen molar-refractivity contribution in [1.82, 2.24) is 0 Å². The Balaban J connectivity index is 2.44. The Morgan fingerprint density at radius 3 is 2.03 bits per heavy atom. The van der Waals surface area contributed by atoms with Crippen molar-refractivity contribution in [2.75, 3.05) is 13.2 Å². The zero-order valence-electron chi connectivity index (χ0n) is 16.4. The summed E-state index contributed by atoms with van der Waals surface area (Å²) in [6, 6.07) is 2.31. The number of ether oxygens (including phenoxy) is 2. The Morgan fingerprint density at radius 2 is 1.53 bits per heavy atom. The van der Waals surface area contributed by atoms with E-state index in [0.29, 0.717) is 12.0 Å². The van der Waals surface area contributed by atoms with E-state index < -0.39 is 36.9 Å². The predicted molar refractivity (Wildman–Crippen MR) is 103 cm³/mol. The molecule has 2 N–H and O–H groups in total. The highest BCUT2D eigenvalue weighted by Gasteiger charge is 2.40. The zero-order valence-corrected chi connectivity index (χ0v) is 16.4. The number of carboxylic acid groups (broad SMARTS) is 2. The van der Waals surface area contributed by atoms with Crippen LogP contribution >= 0.6 is 0 Å². The van der Waals surface area contributed by atoms with Gasteiger partial charge in [-0.05, 0) is 47.8 Å². The van der Waals surface area contributed by atoms with Crippen molar-refractivity contribution < 1.29 is 42.4 Å². The summed E-state index contributed by atoms with van der Waals surface area (Å²) in [4.78, 5) is 21.6. The third-order valence-corrected chi connectivity index (χ3v) is 4.41. The summed E-state index contributed by atoms with van der Waals surface area (Å²) in [7, 11) is 0. The lowest BCUT2D eigenvalue weighted by Gasteiger charge is -2.15. The Labute approximate surface area is 171 Å². The Kier molecular flexibility index (Phi) is 7.91. The van der Waals surface area contributed by atoms with Crippen molar-refractivity contribution in [1.29, 1.82) is 0 Å². The molecule has 0 saturated heterocycles. The van der Waals surface area contributed by atoms with Crippen molar-refractivity contribution in [3.8, 4) is 11.5 Å². The normalized spacial score (nSPS) is 14.4. The van der Waals surface area contributed by atoms with E-state index in [1.807, 2.05) is 0 Å². The molecule has 1 aromatic carbocycles. The lowest BCUT2D eigenvalue weighted by atomic mass is 10.0. The monoisotopic (exact) mass is 428 g/mol. The van der Waals surface area contributed by atoms with Crippen LogP contribution in [0.3, 0.4) is 0 Å². The van der Waals surface area contributed by atoms with Gasteiger partial charge in [0.05, 0.1) is 5.57 Å². The van der Waals surface area contributed by atoms with E-state index in [0.717, 1.165) is 37.8 Å². The van der Waals surface area contributed by atoms with Crippen LogP contribution in [0, 0.1) is 0 Å². The van der Waals surface area contributed by atoms with Gasteiger partial charge in [0, 0.05) is 0 Å². The first-order valence-electron chi connectivity index (χ1n) is 9.50. The van der Waals surface area contributed by atoms with Gasteiger partial charge in [0.15, 0.2) is 24.7 Å². The molecular formula is C21H23F3O6. The first kappa shape index (κ1) is 23.3. The second-order valence-corrected chi connectivity index (χ2v) is 6.77. The van der Waals surface area contributed by atoms with Crippen LogP contribution in [0.15, 0.2) is 24.3 Å². The van der Waals surface area contributed by atoms with Crippen LogP contribution in [-0.4, -0.2) is 41.5 Å². The van der Waals surface area contributed by atoms with Gasteiger partial charge in [0.25, 0.3) is 0 Å². The van der Waals surface area contributed by atoms with E-state index in [4.69, 9.17) is 19.7 Å². The number of carbonyl (C=O) groups is 2. The number of carboxylic acids is 2. The molecule has 2 rings (SSSR count). The molecule has 30 heavy (non-hydrogen) atoms. The van der Waals surface area contributed by atoms with E-state index in [1.165, 1.54) is 6.07 Å². The fourth-order valence-corrected chi connectivity index (χ4v) is 3.07. The number of aliphatic carboxylic acids is 2. The number of rotatable bonds is 11. The van der Waals surface area contributed by atoms with Crippen LogP contribution < -0.4 is 9.47 Å². The number of unbranched alkanes of at least 4 members (excludes halogenated alkanes) is 4. The van der Waals surface area contributed by atoms with Crippen molar-refractivity contribution in [2.45, 2.75) is 45.2 Å². The Morgan fingerprint density at radius 1 is 0.967 bits per heavy atom. The Bertz CT molecular complexity index is 855. The summed E-state index contributed by atoms with van der Waals surface area (Å²) >= 11 is 0. The Hall–Kier alpha value is -2.97. The fraction of sp³-hybridized carbons (Fsp3) is 0.429. The van der Waals surface area contributed by atoms with Gasteiger partial charge in [0.1, 0.15) is 0 Å². The number of halogens is 3. The molecule has 0 radical (unpaired) electrons. The highest BCUT2D eigenvalue weighted by atomic mass is 19.4. The van der Waals surface area contributed by atoms with Gasteiger partial charge in [-0.1, -0.05) is 32.3 Å². The number of fused-ring (bicyclic) bond motifs is 1. The largest absolute Gasteiger partial charge is 0.479 e. The molecule has 0 aliphatic heterocycles. The molecule has 0 aromatic heterocycles. The molecule has 164 valence electrons. The molecule has 1 aliphatic carbocycles. The number of benzene rings is 1. The van der Waals surface area contributed by atoms with E-state index in [2.05, 4.69) is 6.92 Å². The maximum Gasteiger partial charge on any atom is 0.417 e. The van der Waals surface area contributed by atoms with Gasteiger partial charge >= 0.3 is 18.1 Å². The minimum atomic E-state index is -4.62. The molecule has 0 amide bonds. The van der Waals surface area contributed by atoms with E-state index in [9.17, 15) is 22.8 Å². The summed E-state index contributed by atoms with van der Waals surface area (Å²) in [6.45, 7) is 0.498. The maximum atomic E-state index is 13.6. The van der Waals surface area contributed by atoms with E-state index in [-0.39, 0.29) is 22.6 Å². The average molecular weight is 428 g/mol. The summed E-state index contributed by atoms with van der Waals surface area (Å²) in [5, 5.41) is 17.6. The van der Waals surface area contributed by atoms with Gasteiger partial charge in [-0.25, -0.2) is 9.59 Å². The maximum absolute atomic E-state index is 13.6. The number of hydrogen-bond acceptors (Lipinski definition) is 4. The van der Waals surface area contributed by atoms with Crippen LogP contribution in [-0.2, 0) is 9.59 Å². The summed E-state index contributed by atoms with van der Waals surface area (Å²) in [5.41, 5.74) is -0.438. The van der Waals surface area contributed by atoms with E-state index in [1.54, 1.807) is 6.08 Å². The average Bonchev–Trinajstić information content (AvgIpc) is 3.02. The standard InChI is InChI=1S/C21H23F3O6/c1-2-3-4-5-6-7-13-8-16(21(22,23)24)15-10-18(30-12-20(27)28)17(9-14(13)15)29-11-19(25)26/h7-10H,2-6,11-12H2,1H3,(H,25,26)(H,27,28). The van der Waals surface area contributed by atoms with Gasteiger partial charge in [-0.15, -0.1) is 0 Å². The molecule has 0 fully saturated rings. The molecule has 1 aliphatic rings. The predicted octanol–water partition coefficient (Wildman–Crippen LogP) is 4.93. The molecule has 0 spiro atoms. The lowest BCUT2D eigenvalue weighted by molar-refractivity contribution is -0.140. The second kappa shape index (κ2) is 10.2. The topological polar surface area (TPSA) is 93.1 Å². The first-order valence-corrected chi connectivity index (χ1v) is 9.50. The number of alkyl halides is 3. The van der Waals surface area contributed by atoms with Crippen LogP contribution in [0.2, 0.25) is 0 Å². The second-order valence-electron chi connectivity index (χ2n) is 6.77.